The van der Waals surface area contributed by atoms with Gasteiger partial charge in [-0.1, -0.05) is 37.3 Å². The molecule has 0 aromatic heterocycles. The van der Waals surface area contributed by atoms with Crippen molar-refractivity contribution in [3.63, 3.8) is 0 Å². The van der Waals surface area contributed by atoms with Crippen molar-refractivity contribution in [1.82, 2.24) is 5.32 Å². The van der Waals surface area contributed by atoms with Crippen molar-refractivity contribution in [1.29, 1.82) is 0 Å². The molecular weight excluding hydrogens is 186 g/mol. The lowest BCUT2D eigenvalue weighted by atomic mass is 10.00. The van der Waals surface area contributed by atoms with Crippen molar-refractivity contribution in [3.05, 3.63) is 35.9 Å². The van der Waals surface area contributed by atoms with E-state index in [0.717, 1.165) is 12.0 Å². The van der Waals surface area contributed by atoms with Gasteiger partial charge in [0.15, 0.2) is 0 Å². The summed E-state index contributed by atoms with van der Waals surface area (Å²) in [5.41, 5.74) is 1.07. The Hall–Kier alpha value is -1.31. The number of benzene rings is 1. The molecule has 0 saturated carbocycles. The van der Waals surface area contributed by atoms with E-state index in [1.54, 1.807) is 0 Å². The number of carbonyl (C=O) groups excluding carboxylic acids is 1. The largest absolute Gasteiger partial charge is 0.353 e. The number of hydrogen-bond acceptors (Lipinski definition) is 1. The Morgan fingerprint density at radius 2 is 1.87 bits per heavy atom. The maximum atomic E-state index is 11.8. The van der Waals surface area contributed by atoms with Crippen LogP contribution in [-0.2, 0) is 4.79 Å². The van der Waals surface area contributed by atoms with Crippen molar-refractivity contribution in [2.45, 2.75) is 39.2 Å². The van der Waals surface area contributed by atoms with Gasteiger partial charge in [0.25, 0.3) is 0 Å². The van der Waals surface area contributed by atoms with Gasteiger partial charge in [0.2, 0.25) is 5.91 Å². The summed E-state index contributed by atoms with van der Waals surface area (Å²) in [7, 11) is 0. The van der Waals surface area contributed by atoms with Gasteiger partial charge in [-0.05, 0) is 25.8 Å². The van der Waals surface area contributed by atoms with Gasteiger partial charge in [0, 0.05) is 6.04 Å². The molecule has 0 aliphatic rings. The second kappa shape index (κ2) is 5.54. The molecule has 2 unspecified atom stereocenters. The fourth-order valence-corrected chi connectivity index (χ4v) is 1.36. The highest BCUT2D eigenvalue weighted by atomic mass is 16.1. The van der Waals surface area contributed by atoms with Crippen LogP contribution in [0.15, 0.2) is 30.3 Å². The number of nitrogens with one attached hydrogen (secondary N) is 1. The minimum Gasteiger partial charge on any atom is -0.353 e. The number of amides is 1. The Bertz CT molecular complexity index is 308. The summed E-state index contributed by atoms with van der Waals surface area (Å²) in [5, 5.41) is 2.99. The van der Waals surface area contributed by atoms with Crippen LogP contribution in [0.1, 0.15) is 38.7 Å². The Kier molecular flexibility index (Phi) is 4.35. The van der Waals surface area contributed by atoms with Gasteiger partial charge >= 0.3 is 0 Å². The Morgan fingerprint density at radius 1 is 1.27 bits per heavy atom. The van der Waals surface area contributed by atoms with E-state index < -0.39 is 0 Å². The van der Waals surface area contributed by atoms with Crippen molar-refractivity contribution in [2.24, 2.45) is 0 Å². The van der Waals surface area contributed by atoms with Crippen LogP contribution in [-0.4, -0.2) is 11.9 Å². The van der Waals surface area contributed by atoms with Crippen molar-refractivity contribution < 1.29 is 4.79 Å². The summed E-state index contributed by atoms with van der Waals surface area (Å²) in [6, 6.07) is 10.1. The first-order chi connectivity index (χ1) is 7.15. The predicted molar refractivity (Wildman–Crippen MR) is 62.8 cm³/mol. The van der Waals surface area contributed by atoms with Gasteiger partial charge < -0.3 is 5.32 Å². The first kappa shape index (κ1) is 11.8. The second-order valence-corrected chi connectivity index (χ2v) is 3.95. The lowest BCUT2D eigenvalue weighted by Crippen LogP contribution is -2.35. The topological polar surface area (TPSA) is 29.1 Å². The third-order valence-corrected chi connectivity index (χ3v) is 2.69. The molecule has 82 valence electrons. The molecule has 0 heterocycles. The highest BCUT2D eigenvalue weighted by molar-refractivity contribution is 5.83. The average molecular weight is 205 g/mol. The molecule has 2 atom stereocenters. The first-order valence-corrected chi connectivity index (χ1v) is 5.50. The molecule has 15 heavy (non-hydrogen) atoms. The SMILES string of the molecule is CCC(C)NC(=O)C(C)c1ccccc1. The van der Waals surface area contributed by atoms with Crippen LogP contribution in [0.2, 0.25) is 0 Å². The van der Waals surface area contributed by atoms with Crippen LogP contribution >= 0.6 is 0 Å². The Labute approximate surface area is 91.7 Å². The molecular formula is C13H19NO. The van der Waals surface area contributed by atoms with E-state index in [4.69, 9.17) is 0 Å². The molecule has 1 rings (SSSR count). The van der Waals surface area contributed by atoms with Crippen LogP contribution in [0.4, 0.5) is 0 Å². The van der Waals surface area contributed by atoms with Crippen LogP contribution in [0.5, 0.6) is 0 Å². The standard InChI is InChI=1S/C13H19NO/c1-4-10(2)14-13(15)11(3)12-8-6-5-7-9-12/h5-11H,4H2,1-3H3,(H,14,15). The zero-order valence-corrected chi connectivity index (χ0v) is 9.66. The first-order valence-electron chi connectivity index (χ1n) is 5.50. The quantitative estimate of drug-likeness (QED) is 0.804. The molecule has 0 saturated heterocycles. The van der Waals surface area contributed by atoms with Crippen LogP contribution in [0, 0.1) is 0 Å². The molecule has 2 nitrogen and oxygen atoms in total. The van der Waals surface area contributed by atoms with Crippen molar-refractivity contribution in [3.8, 4) is 0 Å². The molecule has 1 amide bonds. The monoisotopic (exact) mass is 205 g/mol. The summed E-state index contributed by atoms with van der Waals surface area (Å²) in [6.45, 7) is 6.03. The molecule has 1 aromatic carbocycles. The second-order valence-electron chi connectivity index (χ2n) is 3.95. The molecule has 0 fully saturated rings. The van der Waals surface area contributed by atoms with E-state index in [2.05, 4.69) is 12.2 Å². The fourth-order valence-electron chi connectivity index (χ4n) is 1.36. The van der Waals surface area contributed by atoms with E-state index in [-0.39, 0.29) is 17.9 Å². The van der Waals surface area contributed by atoms with E-state index >= 15 is 0 Å². The summed E-state index contributed by atoms with van der Waals surface area (Å²) in [5.74, 6) is 0.0377. The van der Waals surface area contributed by atoms with E-state index in [1.807, 2.05) is 44.2 Å². The van der Waals surface area contributed by atoms with E-state index in [9.17, 15) is 4.79 Å². The van der Waals surface area contributed by atoms with Gasteiger partial charge in [-0.3, -0.25) is 4.79 Å². The van der Waals surface area contributed by atoms with Gasteiger partial charge in [-0.25, -0.2) is 0 Å². The van der Waals surface area contributed by atoms with E-state index in [0.29, 0.717) is 0 Å². The normalized spacial score (nSPS) is 14.3. The van der Waals surface area contributed by atoms with Gasteiger partial charge in [-0.15, -0.1) is 0 Å². The smallest absolute Gasteiger partial charge is 0.227 e. The van der Waals surface area contributed by atoms with Crippen LogP contribution in [0.3, 0.4) is 0 Å². The molecule has 2 heteroatoms. The third-order valence-electron chi connectivity index (χ3n) is 2.69. The molecule has 0 aliphatic heterocycles. The third kappa shape index (κ3) is 3.39. The zero-order chi connectivity index (χ0) is 11.3. The molecule has 0 aliphatic carbocycles. The number of hydrogen-bond donors (Lipinski definition) is 1. The average Bonchev–Trinajstić information content (AvgIpc) is 2.29. The van der Waals surface area contributed by atoms with Gasteiger partial charge in [0.05, 0.1) is 5.92 Å². The predicted octanol–water partition coefficient (Wildman–Crippen LogP) is 2.70. The highest BCUT2D eigenvalue weighted by Crippen LogP contribution is 2.14. The Balaban J connectivity index is 2.61. The number of carbonyl (C=O) groups is 1. The molecule has 1 N–H and O–H groups in total. The van der Waals surface area contributed by atoms with Gasteiger partial charge in [0.1, 0.15) is 0 Å². The van der Waals surface area contributed by atoms with Crippen LogP contribution < -0.4 is 5.32 Å². The Morgan fingerprint density at radius 3 is 2.40 bits per heavy atom. The van der Waals surface area contributed by atoms with Crippen LogP contribution in [0.25, 0.3) is 0 Å². The molecule has 0 radical (unpaired) electrons. The lowest BCUT2D eigenvalue weighted by molar-refractivity contribution is -0.122. The molecule has 1 aromatic rings. The lowest BCUT2D eigenvalue weighted by Gasteiger charge is -2.16. The number of rotatable bonds is 4. The maximum Gasteiger partial charge on any atom is 0.227 e. The molecule has 0 bridgehead atoms. The minimum absolute atomic E-state index is 0.0693. The van der Waals surface area contributed by atoms with Crippen molar-refractivity contribution >= 4 is 5.91 Å². The zero-order valence-electron chi connectivity index (χ0n) is 9.66. The molecule has 0 spiro atoms. The minimum atomic E-state index is -0.0693. The summed E-state index contributed by atoms with van der Waals surface area (Å²) < 4.78 is 0. The summed E-state index contributed by atoms with van der Waals surface area (Å²) in [4.78, 5) is 11.8. The van der Waals surface area contributed by atoms with Crippen molar-refractivity contribution in [2.75, 3.05) is 0 Å². The summed E-state index contributed by atoms with van der Waals surface area (Å²) in [6.07, 6.45) is 0.966. The summed E-state index contributed by atoms with van der Waals surface area (Å²) >= 11 is 0. The van der Waals surface area contributed by atoms with E-state index in [1.165, 1.54) is 0 Å². The van der Waals surface area contributed by atoms with Gasteiger partial charge in [-0.2, -0.15) is 0 Å². The highest BCUT2D eigenvalue weighted by Gasteiger charge is 2.15. The fraction of sp³-hybridized carbons (Fsp3) is 0.462. The maximum absolute atomic E-state index is 11.8.